The van der Waals surface area contributed by atoms with Gasteiger partial charge in [-0.2, -0.15) is 5.10 Å². The summed E-state index contributed by atoms with van der Waals surface area (Å²) in [6, 6.07) is 13.8. The van der Waals surface area contributed by atoms with Crippen molar-refractivity contribution < 1.29 is 18.7 Å². The average Bonchev–Trinajstić information content (AvgIpc) is 3.23. The lowest BCUT2D eigenvalue weighted by molar-refractivity contribution is -0.123. The van der Waals surface area contributed by atoms with Gasteiger partial charge in [-0.1, -0.05) is 51.1 Å². The molecule has 7 nitrogen and oxygen atoms in total. The number of fused-ring (bicyclic) bond motifs is 1. The number of thioether (sulfide) groups is 1. The molecule has 1 unspecified atom stereocenters. The minimum absolute atomic E-state index is 0.155. The summed E-state index contributed by atoms with van der Waals surface area (Å²) in [4.78, 5) is 28.5. The van der Waals surface area contributed by atoms with Crippen LogP contribution in [0.15, 0.2) is 48.5 Å². The molecule has 1 N–H and O–H groups in total. The number of nitrogens with one attached hydrogen (secondary N) is 1. The zero-order valence-electron chi connectivity index (χ0n) is 23.7. The fourth-order valence-electron chi connectivity index (χ4n) is 4.67. The second kappa shape index (κ2) is 11.0. The van der Waals surface area contributed by atoms with Gasteiger partial charge >= 0.3 is 0 Å². The normalized spacial score (nSPS) is 16.1. The number of benzene rings is 2. The summed E-state index contributed by atoms with van der Waals surface area (Å²) in [5.41, 5.74) is 2.74. The van der Waals surface area contributed by atoms with E-state index in [4.69, 9.17) is 9.84 Å². The molecule has 2 aromatic carbocycles. The molecule has 2 heterocycles. The van der Waals surface area contributed by atoms with Crippen LogP contribution in [0.1, 0.15) is 69.2 Å². The molecule has 0 spiro atoms. The molecule has 1 atom stereocenters. The zero-order chi connectivity index (χ0) is 28.5. The molecular weight excluding hydrogens is 515 g/mol. The van der Waals surface area contributed by atoms with E-state index < -0.39 is 5.54 Å². The van der Waals surface area contributed by atoms with Gasteiger partial charge in [0.1, 0.15) is 23.9 Å². The van der Waals surface area contributed by atoms with Gasteiger partial charge in [0.2, 0.25) is 11.8 Å². The predicted molar refractivity (Wildman–Crippen MR) is 154 cm³/mol. The third kappa shape index (κ3) is 6.13. The van der Waals surface area contributed by atoms with Crippen LogP contribution in [0.3, 0.4) is 0 Å². The number of methoxy groups -OCH3 is 1. The first-order valence-corrected chi connectivity index (χ1v) is 14.1. The van der Waals surface area contributed by atoms with Gasteiger partial charge in [-0.25, -0.2) is 9.07 Å². The SMILES string of the molecule is COc1ccccc1C1SCC(=O)N(CC(=O)NCc2ccc(F)cc2)c2c1c(C(C)(C)C)nn2C(C)(C)C. The van der Waals surface area contributed by atoms with Gasteiger partial charge in [0.05, 0.1) is 29.3 Å². The molecule has 208 valence electrons. The number of carbonyl (C=O) groups is 2. The number of nitrogens with zero attached hydrogens (tertiary/aromatic N) is 3. The van der Waals surface area contributed by atoms with Crippen molar-refractivity contribution in [2.75, 3.05) is 24.3 Å². The van der Waals surface area contributed by atoms with E-state index in [0.29, 0.717) is 5.82 Å². The maximum atomic E-state index is 13.7. The Morgan fingerprint density at radius 2 is 1.77 bits per heavy atom. The minimum Gasteiger partial charge on any atom is -0.496 e. The minimum atomic E-state index is -0.461. The molecular formula is C30H37FN4O3S. The second-order valence-corrected chi connectivity index (χ2v) is 12.8. The van der Waals surface area contributed by atoms with E-state index in [9.17, 15) is 14.0 Å². The number of carbonyl (C=O) groups excluding carboxylic acids is 2. The Hall–Kier alpha value is -3.33. The van der Waals surface area contributed by atoms with Crippen molar-refractivity contribution in [1.29, 1.82) is 0 Å². The van der Waals surface area contributed by atoms with E-state index in [1.54, 1.807) is 24.1 Å². The molecule has 1 aliphatic heterocycles. The summed E-state index contributed by atoms with van der Waals surface area (Å²) in [5, 5.41) is 7.76. The number of para-hydroxylation sites is 1. The summed E-state index contributed by atoms with van der Waals surface area (Å²) >= 11 is 1.52. The Balaban J connectivity index is 1.82. The van der Waals surface area contributed by atoms with Crippen LogP contribution < -0.4 is 15.0 Å². The van der Waals surface area contributed by atoms with Crippen LogP contribution in [-0.4, -0.2) is 41.0 Å². The fourth-order valence-corrected chi connectivity index (χ4v) is 5.89. The highest BCUT2D eigenvalue weighted by Crippen LogP contribution is 2.50. The molecule has 1 aliphatic rings. The number of rotatable bonds is 6. The van der Waals surface area contributed by atoms with Crippen LogP contribution >= 0.6 is 11.8 Å². The number of ether oxygens (including phenoxy) is 1. The Kier molecular flexibility index (Phi) is 8.12. The highest BCUT2D eigenvalue weighted by atomic mass is 32.2. The number of hydrogen-bond donors (Lipinski definition) is 1. The summed E-state index contributed by atoms with van der Waals surface area (Å²) < 4.78 is 20.9. The molecule has 0 aliphatic carbocycles. The maximum Gasteiger partial charge on any atom is 0.240 e. The van der Waals surface area contributed by atoms with E-state index in [0.717, 1.165) is 28.1 Å². The molecule has 9 heteroatoms. The lowest BCUT2D eigenvalue weighted by atomic mass is 9.87. The smallest absolute Gasteiger partial charge is 0.240 e. The van der Waals surface area contributed by atoms with Crippen molar-refractivity contribution in [3.63, 3.8) is 0 Å². The van der Waals surface area contributed by atoms with Gasteiger partial charge in [-0.05, 0) is 44.5 Å². The third-order valence-corrected chi connectivity index (χ3v) is 7.80. The predicted octanol–water partition coefficient (Wildman–Crippen LogP) is 5.57. The van der Waals surface area contributed by atoms with E-state index >= 15 is 0 Å². The molecule has 1 aromatic heterocycles. The Bertz CT molecular complexity index is 1360. The monoisotopic (exact) mass is 552 g/mol. The maximum absolute atomic E-state index is 13.7. The van der Waals surface area contributed by atoms with Gasteiger partial charge in [0, 0.05) is 23.1 Å². The van der Waals surface area contributed by atoms with Crippen LogP contribution in [0.25, 0.3) is 0 Å². The molecule has 0 bridgehead atoms. The van der Waals surface area contributed by atoms with Crippen LogP contribution in [0, 0.1) is 5.82 Å². The van der Waals surface area contributed by atoms with Crippen LogP contribution in [-0.2, 0) is 27.1 Å². The molecule has 3 aromatic rings. The lowest BCUT2D eigenvalue weighted by Crippen LogP contribution is -2.43. The Labute approximate surface area is 234 Å². The molecule has 4 rings (SSSR count). The first-order chi connectivity index (χ1) is 18.3. The van der Waals surface area contributed by atoms with E-state index in [1.165, 1.54) is 23.9 Å². The van der Waals surface area contributed by atoms with E-state index in [1.807, 2.05) is 49.7 Å². The largest absolute Gasteiger partial charge is 0.496 e. The number of hydrogen-bond acceptors (Lipinski definition) is 5. The third-order valence-electron chi connectivity index (χ3n) is 6.56. The summed E-state index contributed by atoms with van der Waals surface area (Å²) in [5.74, 6) is 0.758. The summed E-state index contributed by atoms with van der Waals surface area (Å²) in [6.45, 7) is 12.5. The van der Waals surface area contributed by atoms with Crippen molar-refractivity contribution in [2.45, 2.75) is 64.3 Å². The van der Waals surface area contributed by atoms with Gasteiger partial charge in [-0.15, -0.1) is 11.8 Å². The molecule has 2 amide bonds. The number of aromatic nitrogens is 2. The topological polar surface area (TPSA) is 76.5 Å². The van der Waals surface area contributed by atoms with Crippen molar-refractivity contribution >= 4 is 29.4 Å². The average molecular weight is 553 g/mol. The van der Waals surface area contributed by atoms with Crippen LogP contribution in [0.2, 0.25) is 0 Å². The van der Waals surface area contributed by atoms with Crippen LogP contribution in [0.4, 0.5) is 10.2 Å². The van der Waals surface area contributed by atoms with Gasteiger partial charge in [0.25, 0.3) is 0 Å². The molecule has 0 saturated carbocycles. The second-order valence-electron chi connectivity index (χ2n) is 11.7. The highest BCUT2D eigenvalue weighted by molar-refractivity contribution is 8.00. The van der Waals surface area contributed by atoms with E-state index in [-0.39, 0.29) is 47.1 Å². The quantitative estimate of drug-likeness (QED) is 0.433. The lowest BCUT2D eigenvalue weighted by Gasteiger charge is -2.29. The number of halogens is 1. The standard InChI is InChI=1S/C30H37FN4O3S/c1-29(2,3)27-25-26(21-10-8-9-11-22(21)38-7)39-18-24(37)34(28(25)35(33-27)30(4,5)6)17-23(36)32-16-19-12-14-20(31)15-13-19/h8-15,26H,16-18H2,1-7H3,(H,32,36). The first-order valence-electron chi connectivity index (χ1n) is 13.0. The summed E-state index contributed by atoms with van der Waals surface area (Å²) in [7, 11) is 1.65. The van der Waals surface area contributed by atoms with Gasteiger partial charge in [-0.3, -0.25) is 14.5 Å². The van der Waals surface area contributed by atoms with Crippen molar-refractivity contribution in [2.24, 2.45) is 0 Å². The van der Waals surface area contributed by atoms with Crippen LogP contribution in [0.5, 0.6) is 5.75 Å². The first kappa shape index (κ1) is 28.7. The Morgan fingerprint density at radius 3 is 2.38 bits per heavy atom. The molecule has 39 heavy (non-hydrogen) atoms. The van der Waals surface area contributed by atoms with Gasteiger partial charge in [0.15, 0.2) is 0 Å². The Morgan fingerprint density at radius 1 is 1.10 bits per heavy atom. The van der Waals surface area contributed by atoms with E-state index in [2.05, 4.69) is 26.1 Å². The van der Waals surface area contributed by atoms with Gasteiger partial charge < -0.3 is 10.1 Å². The van der Waals surface area contributed by atoms with Crippen molar-refractivity contribution in [3.8, 4) is 5.75 Å². The highest BCUT2D eigenvalue weighted by Gasteiger charge is 2.42. The number of anilines is 1. The molecule has 0 fully saturated rings. The fraction of sp³-hybridized carbons (Fsp3) is 0.433. The van der Waals surface area contributed by atoms with Crippen molar-refractivity contribution in [3.05, 3.63) is 76.7 Å². The zero-order valence-corrected chi connectivity index (χ0v) is 24.5. The molecule has 0 saturated heterocycles. The summed E-state index contributed by atoms with van der Waals surface area (Å²) in [6.07, 6.45) is 0. The number of amides is 2. The molecule has 0 radical (unpaired) electrons. The van der Waals surface area contributed by atoms with Crippen molar-refractivity contribution in [1.82, 2.24) is 15.1 Å².